The van der Waals surface area contributed by atoms with Gasteiger partial charge in [-0.2, -0.15) is 8.42 Å². The minimum Gasteiger partial charge on any atom is -0.445 e. The van der Waals surface area contributed by atoms with Crippen molar-refractivity contribution in [3.05, 3.63) is 35.9 Å². The third-order valence-electron chi connectivity index (χ3n) is 2.95. The zero-order valence-electron chi connectivity index (χ0n) is 12.9. The maximum atomic E-state index is 11.5. The molecule has 0 bridgehead atoms. The molecule has 6 nitrogen and oxygen atoms in total. The molecule has 1 aromatic carbocycles. The predicted molar refractivity (Wildman–Crippen MR) is 83.8 cm³/mol. The summed E-state index contributed by atoms with van der Waals surface area (Å²) in [7, 11) is -3.37. The minimum absolute atomic E-state index is 0.168. The van der Waals surface area contributed by atoms with E-state index in [4.69, 9.17) is 4.74 Å². The van der Waals surface area contributed by atoms with E-state index in [0.717, 1.165) is 18.2 Å². The van der Waals surface area contributed by atoms with Gasteiger partial charge in [0.1, 0.15) is 6.61 Å². The van der Waals surface area contributed by atoms with Crippen molar-refractivity contribution in [3.8, 4) is 0 Å². The molecule has 1 amide bonds. The van der Waals surface area contributed by atoms with E-state index < -0.39 is 16.2 Å². The molecule has 124 valence electrons. The van der Waals surface area contributed by atoms with Crippen LogP contribution in [0, 0.1) is 5.92 Å². The van der Waals surface area contributed by atoms with Crippen LogP contribution in [-0.4, -0.2) is 33.9 Å². The van der Waals surface area contributed by atoms with Crippen molar-refractivity contribution in [1.29, 1.82) is 0 Å². The van der Waals surface area contributed by atoms with Gasteiger partial charge < -0.3 is 10.1 Å². The quantitative estimate of drug-likeness (QED) is 0.555. The van der Waals surface area contributed by atoms with Gasteiger partial charge in [-0.3, -0.25) is 4.18 Å². The number of rotatable bonds is 9. The molecule has 0 saturated heterocycles. The molecule has 0 saturated carbocycles. The Bertz CT molecular complexity index is 544. The molecule has 0 spiro atoms. The molecule has 0 radical (unpaired) electrons. The first-order valence-electron chi connectivity index (χ1n) is 7.16. The molecule has 0 fully saturated rings. The first-order valence-corrected chi connectivity index (χ1v) is 8.97. The van der Waals surface area contributed by atoms with E-state index in [9.17, 15) is 13.2 Å². The third kappa shape index (κ3) is 9.36. The van der Waals surface area contributed by atoms with Crippen LogP contribution < -0.4 is 5.32 Å². The van der Waals surface area contributed by atoms with Crippen LogP contribution in [0.1, 0.15) is 25.3 Å². The molecule has 0 aliphatic carbocycles. The first kappa shape index (κ1) is 18.4. The lowest BCUT2D eigenvalue weighted by atomic mass is 10.1. The van der Waals surface area contributed by atoms with Crippen molar-refractivity contribution < 1.29 is 22.1 Å². The molecule has 0 aliphatic rings. The minimum atomic E-state index is -3.37. The fourth-order valence-electron chi connectivity index (χ4n) is 1.78. The highest BCUT2D eigenvalue weighted by Gasteiger charge is 2.08. The van der Waals surface area contributed by atoms with Crippen LogP contribution in [-0.2, 0) is 25.6 Å². The molecular weight excluding hydrogens is 306 g/mol. The number of benzene rings is 1. The Kier molecular flexibility index (Phi) is 7.90. The first-order chi connectivity index (χ1) is 10.4. The second kappa shape index (κ2) is 9.42. The number of nitrogens with one attached hydrogen (secondary N) is 1. The second-order valence-electron chi connectivity index (χ2n) is 5.22. The molecular formula is C15H23NO5S. The lowest BCUT2D eigenvalue weighted by molar-refractivity contribution is 0.138. The van der Waals surface area contributed by atoms with E-state index in [2.05, 4.69) is 9.50 Å². The summed E-state index contributed by atoms with van der Waals surface area (Å²) in [6, 6.07) is 9.45. The van der Waals surface area contributed by atoms with Crippen molar-refractivity contribution in [2.24, 2.45) is 5.92 Å². The molecule has 0 unspecified atom stereocenters. The topological polar surface area (TPSA) is 81.7 Å². The Morgan fingerprint density at radius 3 is 2.59 bits per heavy atom. The van der Waals surface area contributed by atoms with Crippen molar-refractivity contribution >= 4 is 16.2 Å². The van der Waals surface area contributed by atoms with Gasteiger partial charge in [-0.05, 0) is 24.3 Å². The average Bonchev–Trinajstić information content (AvgIpc) is 2.47. The average molecular weight is 329 g/mol. The molecule has 0 aliphatic heterocycles. The monoisotopic (exact) mass is 329 g/mol. The van der Waals surface area contributed by atoms with Gasteiger partial charge in [0.25, 0.3) is 10.1 Å². The van der Waals surface area contributed by atoms with Crippen LogP contribution in [0.4, 0.5) is 4.79 Å². The van der Waals surface area contributed by atoms with Crippen molar-refractivity contribution in [1.82, 2.24) is 5.32 Å². The van der Waals surface area contributed by atoms with Crippen molar-refractivity contribution in [3.63, 3.8) is 0 Å². The second-order valence-corrected chi connectivity index (χ2v) is 6.86. The number of hydrogen-bond acceptors (Lipinski definition) is 5. The molecule has 0 aromatic heterocycles. The van der Waals surface area contributed by atoms with Crippen molar-refractivity contribution in [2.75, 3.05) is 19.4 Å². The number of carbonyl (C=O) groups is 1. The van der Waals surface area contributed by atoms with Crippen LogP contribution in [0.15, 0.2) is 30.3 Å². The van der Waals surface area contributed by atoms with Crippen LogP contribution in [0.25, 0.3) is 0 Å². The standard InChI is InChI=1S/C15H23NO5S/c1-13(7-6-10-21-22(2,18)19)11-16-15(17)20-12-14-8-4-3-5-9-14/h3-5,8-9,13H,6-7,10-12H2,1-2H3,(H,16,17)/t13-/m1/s1. The summed E-state index contributed by atoms with van der Waals surface area (Å²) in [4.78, 5) is 11.5. The van der Waals surface area contributed by atoms with Gasteiger partial charge in [0.2, 0.25) is 0 Å². The van der Waals surface area contributed by atoms with Gasteiger partial charge in [0, 0.05) is 6.54 Å². The van der Waals surface area contributed by atoms with Crippen molar-refractivity contribution in [2.45, 2.75) is 26.4 Å². The van der Waals surface area contributed by atoms with E-state index in [-0.39, 0.29) is 19.1 Å². The summed E-state index contributed by atoms with van der Waals surface area (Å²) in [5.41, 5.74) is 0.934. The smallest absolute Gasteiger partial charge is 0.407 e. The van der Waals surface area contributed by atoms with Gasteiger partial charge >= 0.3 is 6.09 Å². The highest BCUT2D eigenvalue weighted by Crippen LogP contribution is 2.06. The SMILES string of the molecule is C[C@H](CCCOS(C)(=O)=O)CNC(=O)OCc1ccccc1. The maximum Gasteiger partial charge on any atom is 0.407 e. The zero-order chi connectivity index (χ0) is 16.4. The van der Waals surface area contributed by atoms with E-state index in [1.807, 2.05) is 37.3 Å². The highest BCUT2D eigenvalue weighted by atomic mass is 32.2. The molecule has 0 heterocycles. The predicted octanol–water partition coefficient (Wildman–Crippen LogP) is 2.31. The van der Waals surface area contributed by atoms with Gasteiger partial charge in [-0.15, -0.1) is 0 Å². The Labute approximate surface area is 131 Å². The Morgan fingerprint density at radius 2 is 1.95 bits per heavy atom. The number of amides is 1. The number of carbonyl (C=O) groups excluding carboxylic acids is 1. The Hall–Kier alpha value is -1.60. The number of hydrogen-bond donors (Lipinski definition) is 1. The van der Waals surface area contributed by atoms with E-state index in [1.54, 1.807) is 0 Å². The highest BCUT2D eigenvalue weighted by molar-refractivity contribution is 7.85. The lowest BCUT2D eigenvalue weighted by Crippen LogP contribution is -2.29. The molecule has 1 aromatic rings. The molecule has 22 heavy (non-hydrogen) atoms. The number of ether oxygens (including phenoxy) is 1. The van der Waals surface area contributed by atoms with Crippen LogP contribution in [0.5, 0.6) is 0 Å². The molecule has 1 N–H and O–H groups in total. The summed E-state index contributed by atoms with van der Waals surface area (Å²) >= 11 is 0. The van der Waals surface area contributed by atoms with E-state index in [0.29, 0.717) is 13.0 Å². The van der Waals surface area contributed by atoms with Crippen LogP contribution in [0.2, 0.25) is 0 Å². The Morgan fingerprint density at radius 1 is 1.27 bits per heavy atom. The summed E-state index contributed by atoms with van der Waals surface area (Å²) in [6.07, 6.45) is 1.95. The third-order valence-corrected chi connectivity index (χ3v) is 3.54. The zero-order valence-corrected chi connectivity index (χ0v) is 13.8. The maximum absolute atomic E-state index is 11.5. The molecule has 1 atom stereocenters. The number of alkyl carbamates (subject to hydrolysis) is 1. The summed E-state index contributed by atoms with van der Waals surface area (Å²) in [6.45, 7) is 2.86. The Balaban J connectivity index is 2.10. The fraction of sp³-hybridized carbons (Fsp3) is 0.533. The van der Waals surface area contributed by atoms with Crippen LogP contribution in [0.3, 0.4) is 0 Å². The molecule has 1 rings (SSSR count). The lowest BCUT2D eigenvalue weighted by Gasteiger charge is -2.12. The van der Waals surface area contributed by atoms with E-state index in [1.165, 1.54) is 0 Å². The largest absolute Gasteiger partial charge is 0.445 e. The normalized spacial score (nSPS) is 12.6. The van der Waals surface area contributed by atoms with Gasteiger partial charge in [0.05, 0.1) is 12.9 Å². The van der Waals surface area contributed by atoms with Crippen LogP contribution >= 0.6 is 0 Å². The summed E-state index contributed by atoms with van der Waals surface area (Å²) in [5, 5.41) is 2.69. The van der Waals surface area contributed by atoms with E-state index >= 15 is 0 Å². The van der Waals surface area contributed by atoms with Gasteiger partial charge in [-0.1, -0.05) is 37.3 Å². The summed E-state index contributed by atoms with van der Waals surface area (Å²) < 4.78 is 31.3. The van der Waals surface area contributed by atoms with Gasteiger partial charge in [-0.25, -0.2) is 4.79 Å². The summed E-state index contributed by atoms with van der Waals surface area (Å²) in [5.74, 6) is 0.215. The van der Waals surface area contributed by atoms with Gasteiger partial charge in [0.15, 0.2) is 0 Å². The molecule has 7 heteroatoms. The fourth-order valence-corrected chi connectivity index (χ4v) is 2.20.